The number of hydrogen-bond donors (Lipinski definition) is 0. The van der Waals surface area contributed by atoms with Gasteiger partial charge in [0, 0.05) is 28.0 Å². The Morgan fingerprint density at radius 1 is 0.396 bits per heavy atom. The van der Waals surface area contributed by atoms with Crippen LogP contribution in [0, 0.1) is 0 Å². The van der Waals surface area contributed by atoms with Crippen molar-refractivity contribution in [3.63, 3.8) is 0 Å². The molecule has 0 radical (unpaired) electrons. The average molecular weight is 615 g/mol. The van der Waals surface area contributed by atoms with Gasteiger partial charge < -0.3 is 9.32 Å². The number of para-hydroxylation sites is 1. The van der Waals surface area contributed by atoms with Gasteiger partial charge in [-0.05, 0) is 99.1 Å². The largest absolute Gasteiger partial charge is 0.435 e. The van der Waals surface area contributed by atoms with E-state index in [0.29, 0.717) is 5.89 Å². The van der Waals surface area contributed by atoms with Crippen molar-refractivity contribution >= 4 is 49.7 Å². The normalized spacial score (nSPS) is 11.3. The van der Waals surface area contributed by atoms with Crippen LogP contribution in [0.2, 0.25) is 0 Å². The van der Waals surface area contributed by atoms with E-state index in [1.165, 1.54) is 21.9 Å². The Hall–Kier alpha value is -6.45. The molecule has 226 valence electrons. The van der Waals surface area contributed by atoms with Gasteiger partial charge in [0.05, 0.1) is 0 Å². The van der Waals surface area contributed by atoms with E-state index in [0.717, 1.165) is 55.6 Å². The summed E-state index contributed by atoms with van der Waals surface area (Å²) in [5.41, 5.74) is 10.7. The fourth-order valence-corrected chi connectivity index (χ4v) is 6.69. The zero-order valence-corrected chi connectivity index (χ0v) is 26.1. The highest BCUT2D eigenvalue weighted by molar-refractivity contribution is 6.11. The molecule has 1 aromatic heterocycles. The molecule has 0 saturated carbocycles. The molecule has 0 aliphatic rings. The standard InChI is InChI=1S/C45H30N2O/c1-4-12-31(13-5-1)32-22-25-38(26-23-32)47(37-16-8-3-9-17-37)39-27-24-34-28-36(21-20-35(34)29-39)42-30-43-44(41-19-11-10-18-40(41)42)48-45(46-43)33-14-6-2-7-15-33/h1-30H. The highest BCUT2D eigenvalue weighted by Gasteiger charge is 2.17. The molecule has 0 bridgehead atoms. The molecule has 48 heavy (non-hydrogen) atoms. The molecular weight excluding hydrogens is 585 g/mol. The van der Waals surface area contributed by atoms with Crippen LogP contribution in [0.25, 0.3) is 66.4 Å². The van der Waals surface area contributed by atoms with Crippen molar-refractivity contribution in [2.45, 2.75) is 0 Å². The molecule has 0 amide bonds. The Balaban J connectivity index is 1.12. The molecule has 0 aliphatic heterocycles. The predicted octanol–water partition coefficient (Wildman–Crippen LogP) is 12.6. The van der Waals surface area contributed by atoms with E-state index >= 15 is 0 Å². The molecule has 0 aliphatic carbocycles. The number of oxazole rings is 1. The Bertz CT molecular complexity index is 2540. The molecule has 8 aromatic carbocycles. The molecule has 3 heteroatoms. The summed E-state index contributed by atoms with van der Waals surface area (Å²) in [6.45, 7) is 0. The molecule has 0 saturated heterocycles. The average Bonchev–Trinajstić information content (AvgIpc) is 3.61. The summed E-state index contributed by atoms with van der Waals surface area (Å²) in [4.78, 5) is 7.24. The molecule has 1 heterocycles. The van der Waals surface area contributed by atoms with Crippen LogP contribution in [-0.2, 0) is 0 Å². The number of anilines is 3. The van der Waals surface area contributed by atoms with Gasteiger partial charge in [-0.15, -0.1) is 0 Å². The molecule has 0 fully saturated rings. The summed E-state index contributed by atoms with van der Waals surface area (Å²) in [6, 6.07) is 64.0. The Labute approximate surface area is 279 Å². The topological polar surface area (TPSA) is 29.3 Å². The van der Waals surface area contributed by atoms with Crippen LogP contribution in [0.3, 0.4) is 0 Å². The monoisotopic (exact) mass is 614 g/mol. The highest BCUT2D eigenvalue weighted by atomic mass is 16.3. The van der Waals surface area contributed by atoms with Gasteiger partial charge in [-0.25, -0.2) is 4.98 Å². The van der Waals surface area contributed by atoms with Crippen LogP contribution in [0.1, 0.15) is 0 Å². The molecule has 9 rings (SSSR count). The minimum atomic E-state index is 0.636. The van der Waals surface area contributed by atoms with Crippen molar-refractivity contribution in [1.82, 2.24) is 4.98 Å². The predicted molar refractivity (Wildman–Crippen MR) is 200 cm³/mol. The smallest absolute Gasteiger partial charge is 0.227 e. The first-order chi connectivity index (χ1) is 23.8. The lowest BCUT2D eigenvalue weighted by atomic mass is 9.95. The highest BCUT2D eigenvalue weighted by Crippen LogP contribution is 2.40. The minimum absolute atomic E-state index is 0.636. The quantitative estimate of drug-likeness (QED) is 0.187. The van der Waals surface area contributed by atoms with Gasteiger partial charge in [0.1, 0.15) is 5.52 Å². The Morgan fingerprint density at radius 3 is 1.69 bits per heavy atom. The van der Waals surface area contributed by atoms with Crippen LogP contribution in [-0.4, -0.2) is 4.98 Å². The summed E-state index contributed by atoms with van der Waals surface area (Å²) < 4.78 is 6.35. The zero-order valence-electron chi connectivity index (χ0n) is 26.1. The van der Waals surface area contributed by atoms with E-state index in [1.54, 1.807) is 0 Å². The lowest BCUT2D eigenvalue weighted by molar-refractivity contribution is 0.623. The number of benzene rings is 8. The van der Waals surface area contributed by atoms with Gasteiger partial charge in [-0.1, -0.05) is 121 Å². The first-order valence-electron chi connectivity index (χ1n) is 16.2. The molecule has 0 unspecified atom stereocenters. The maximum absolute atomic E-state index is 6.35. The Kier molecular flexibility index (Phi) is 6.80. The molecule has 9 aromatic rings. The maximum Gasteiger partial charge on any atom is 0.227 e. The van der Waals surface area contributed by atoms with Gasteiger partial charge >= 0.3 is 0 Å². The fraction of sp³-hybridized carbons (Fsp3) is 0. The van der Waals surface area contributed by atoms with E-state index in [1.807, 2.05) is 30.3 Å². The van der Waals surface area contributed by atoms with Gasteiger partial charge in [-0.3, -0.25) is 0 Å². The van der Waals surface area contributed by atoms with Crippen molar-refractivity contribution in [1.29, 1.82) is 0 Å². The molecule has 0 N–H and O–H groups in total. The third kappa shape index (κ3) is 4.99. The van der Waals surface area contributed by atoms with Crippen molar-refractivity contribution < 1.29 is 4.42 Å². The molecule has 0 spiro atoms. The summed E-state index contributed by atoms with van der Waals surface area (Å²) in [5.74, 6) is 0.636. The number of aromatic nitrogens is 1. The number of hydrogen-bond acceptors (Lipinski definition) is 3. The van der Waals surface area contributed by atoms with Crippen LogP contribution in [0.4, 0.5) is 17.1 Å². The second-order valence-electron chi connectivity index (χ2n) is 12.0. The van der Waals surface area contributed by atoms with Crippen molar-refractivity contribution in [3.8, 4) is 33.7 Å². The maximum atomic E-state index is 6.35. The lowest BCUT2D eigenvalue weighted by Crippen LogP contribution is -2.09. The van der Waals surface area contributed by atoms with Crippen molar-refractivity contribution in [3.05, 3.63) is 182 Å². The summed E-state index contributed by atoms with van der Waals surface area (Å²) in [5, 5.41) is 4.56. The minimum Gasteiger partial charge on any atom is -0.435 e. The van der Waals surface area contributed by atoms with Crippen LogP contribution in [0.15, 0.2) is 186 Å². The first-order valence-corrected chi connectivity index (χ1v) is 16.2. The summed E-state index contributed by atoms with van der Waals surface area (Å²) in [6.07, 6.45) is 0. The number of rotatable bonds is 6. The summed E-state index contributed by atoms with van der Waals surface area (Å²) in [7, 11) is 0. The second-order valence-corrected chi connectivity index (χ2v) is 12.0. The van der Waals surface area contributed by atoms with Crippen LogP contribution >= 0.6 is 0 Å². The third-order valence-electron chi connectivity index (χ3n) is 9.06. The third-order valence-corrected chi connectivity index (χ3v) is 9.06. The second kappa shape index (κ2) is 11.7. The van der Waals surface area contributed by atoms with Crippen molar-refractivity contribution in [2.75, 3.05) is 4.90 Å². The lowest BCUT2D eigenvalue weighted by Gasteiger charge is -2.26. The van der Waals surface area contributed by atoms with E-state index in [-0.39, 0.29) is 0 Å². The van der Waals surface area contributed by atoms with E-state index in [9.17, 15) is 0 Å². The van der Waals surface area contributed by atoms with Crippen LogP contribution in [0.5, 0.6) is 0 Å². The number of nitrogens with zero attached hydrogens (tertiary/aromatic N) is 2. The molecule has 0 atom stereocenters. The van der Waals surface area contributed by atoms with Crippen LogP contribution < -0.4 is 4.90 Å². The van der Waals surface area contributed by atoms with Gasteiger partial charge in [-0.2, -0.15) is 0 Å². The van der Waals surface area contributed by atoms with E-state index in [2.05, 4.69) is 157 Å². The van der Waals surface area contributed by atoms with E-state index in [4.69, 9.17) is 9.40 Å². The van der Waals surface area contributed by atoms with Gasteiger partial charge in [0.25, 0.3) is 0 Å². The van der Waals surface area contributed by atoms with Gasteiger partial charge in [0.2, 0.25) is 5.89 Å². The fourth-order valence-electron chi connectivity index (χ4n) is 6.69. The van der Waals surface area contributed by atoms with Gasteiger partial charge in [0.15, 0.2) is 5.58 Å². The summed E-state index contributed by atoms with van der Waals surface area (Å²) >= 11 is 0. The molecular formula is C45H30N2O. The molecule has 3 nitrogen and oxygen atoms in total. The first kappa shape index (κ1) is 27.8. The zero-order chi connectivity index (χ0) is 31.9. The van der Waals surface area contributed by atoms with Crippen molar-refractivity contribution in [2.24, 2.45) is 0 Å². The number of fused-ring (bicyclic) bond motifs is 4. The van der Waals surface area contributed by atoms with E-state index < -0.39 is 0 Å². The SMILES string of the molecule is c1ccc(-c2ccc(N(c3ccccc3)c3ccc4cc(-c5cc6nc(-c7ccccc7)oc6c6ccccc56)ccc4c3)cc2)cc1. The Morgan fingerprint density at radius 2 is 0.938 bits per heavy atom.